The number of carbonyl (C=O) groups is 1. The number of hydrogen-bond donors (Lipinski definition) is 3. The molecule has 0 fully saturated rings. The van der Waals surface area contributed by atoms with Gasteiger partial charge in [-0.25, -0.2) is 4.79 Å². The van der Waals surface area contributed by atoms with Crippen LogP contribution in [0.2, 0.25) is 0 Å². The predicted octanol–water partition coefficient (Wildman–Crippen LogP) is 1.84. The fourth-order valence-corrected chi connectivity index (χ4v) is 2.20. The molecule has 2 rings (SSSR count). The molecular weight excluding hydrogens is 282 g/mol. The Morgan fingerprint density at radius 1 is 1.41 bits per heavy atom. The van der Waals surface area contributed by atoms with Crippen LogP contribution in [0.1, 0.15) is 11.6 Å². The van der Waals surface area contributed by atoms with Crippen molar-refractivity contribution in [2.45, 2.75) is 6.04 Å². The van der Waals surface area contributed by atoms with Gasteiger partial charge in [0.25, 0.3) is 0 Å². The summed E-state index contributed by atoms with van der Waals surface area (Å²) in [6.45, 7) is 0.455. The number of benzene rings is 1. The molecule has 2 aromatic rings. The Morgan fingerprint density at radius 3 is 2.82 bits per heavy atom. The number of anilines is 1. The van der Waals surface area contributed by atoms with Gasteiger partial charge in [-0.1, -0.05) is 18.2 Å². The predicted molar refractivity (Wildman–Crippen MR) is 85.0 cm³/mol. The van der Waals surface area contributed by atoms with Crippen LogP contribution in [0.3, 0.4) is 0 Å². The van der Waals surface area contributed by atoms with E-state index in [1.165, 1.54) is 0 Å². The summed E-state index contributed by atoms with van der Waals surface area (Å²) in [4.78, 5) is 13.9. The van der Waals surface area contributed by atoms with Crippen molar-refractivity contribution in [2.24, 2.45) is 0 Å². The molecule has 1 heterocycles. The van der Waals surface area contributed by atoms with Crippen LogP contribution in [0, 0.1) is 0 Å². The molecule has 0 bridgehead atoms. The summed E-state index contributed by atoms with van der Waals surface area (Å²) in [6, 6.07) is 7.53. The third kappa shape index (κ3) is 3.98. The second kappa shape index (κ2) is 7.46. The molecule has 1 aromatic heterocycles. The third-order valence-corrected chi connectivity index (χ3v) is 3.33. The van der Waals surface area contributed by atoms with Crippen molar-refractivity contribution >= 4 is 11.7 Å². The minimum absolute atomic E-state index is 0.00579. The summed E-state index contributed by atoms with van der Waals surface area (Å²) in [5.41, 5.74) is 1.65. The van der Waals surface area contributed by atoms with Gasteiger partial charge in [-0.15, -0.1) is 0 Å². The molecule has 1 aromatic carbocycles. The molecule has 0 spiro atoms. The highest BCUT2D eigenvalue weighted by Gasteiger charge is 2.19. The minimum atomic E-state index is -0.275. The molecule has 0 aliphatic heterocycles. The Hall–Kier alpha value is -2.54. The van der Waals surface area contributed by atoms with E-state index in [-0.39, 0.29) is 12.1 Å². The van der Waals surface area contributed by atoms with Gasteiger partial charge in [0.1, 0.15) is 5.75 Å². The van der Waals surface area contributed by atoms with E-state index in [0.717, 1.165) is 11.3 Å². The first-order valence-corrected chi connectivity index (χ1v) is 6.94. The van der Waals surface area contributed by atoms with Crippen LogP contribution in [0.5, 0.6) is 5.75 Å². The highest BCUT2D eigenvalue weighted by molar-refractivity contribution is 5.88. The van der Waals surface area contributed by atoms with Gasteiger partial charge in [0.2, 0.25) is 0 Å². The van der Waals surface area contributed by atoms with E-state index in [1.54, 1.807) is 19.5 Å². The van der Waals surface area contributed by atoms with Crippen molar-refractivity contribution in [3.8, 4) is 5.75 Å². The molecule has 1 atom stereocenters. The van der Waals surface area contributed by atoms with Crippen molar-refractivity contribution in [1.82, 2.24) is 20.4 Å². The molecule has 0 saturated heterocycles. The van der Waals surface area contributed by atoms with Crippen molar-refractivity contribution < 1.29 is 9.53 Å². The maximum atomic E-state index is 11.9. The lowest BCUT2D eigenvalue weighted by molar-refractivity contribution is 0.242. The molecule has 0 aliphatic carbocycles. The largest absolute Gasteiger partial charge is 0.496 e. The number of para-hydroxylation sites is 1. The maximum Gasteiger partial charge on any atom is 0.319 e. The average molecular weight is 303 g/mol. The van der Waals surface area contributed by atoms with Crippen LogP contribution in [-0.2, 0) is 0 Å². The minimum Gasteiger partial charge on any atom is -0.496 e. The molecule has 0 radical (unpaired) electrons. The molecule has 7 heteroatoms. The van der Waals surface area contributed by atoms with E-state index in [4.69, 9.17) is 4.74 Å². The lowest BCUT2D eigenvalue weighted by Gasteiger charge is -2.26. The highest BCUT2D eigenvalue weighted by atomic mass is 16.5. The molecule has 22 heavy (non-hydrogen) atoms. The van der Waals surface area contributed by atoms with Gasteiger partial charge < -0.3 is 20.3 Å². The number of carbonyl (C=O) groups excluding carboxylic acids is 1. The fourth-order valence-electron chi connectivity index (χ4n) is 2.20. The number of H-pyrrole nitrogens is 1. The first-order chi connectivity index (χ1) is 10.6. The Balaban J connectivity index is 2.01. The number of rotatable bonds is 6. The number of nitrogens with zero attached hydrogens (tertiary/aromatic N) is 2. The Kier molecular flexibility index (Phi) is 5.37. The summed E-state index contributed by atoms with van der Waals surface area (Å²) in [5.74, 6) is 0.804. The zero-order valence-corrected chi connectivity index (χ0v) is 13.0. The van der Waals surface area contributed by atoms with Gasteiger partial charge in [0.05, 0.1) is 25.0 Å². The van der Waals surface area contributed by atoms with Gasteiger partial charge >= 0.3 is 6.03 Å². The number of amides is 2. The molecule has 0 saturated carbocycles. The van der Waals surface area contributed by atoms with Crippen LogP contribution in [0.4, 0.5) is 10.5 Å². The van der Waals surface area contributed by atoms with Crippen molar-refractivity contribution in [3.63, 3.8) is 0 Å². The molecule has 0 unspecified atom stereocenters. The summed E-state index contributed by atoms with van der Waals surface area (Å²) in [7, 11) is 5.57. The molecule has 118 valence electrons. The first kappa shape index (κ1) is 15.8. The second-order valence-electron chi connectivity index (χ2n) is 5.04. The van der Waals surface area contributed by atoms with Crippen LogP contribution >= 0.6 is 0 Å². The van der Waals surface area contributed by atoms with Crippen LogP contribution in [-0.4, -0.2) is 48.9 Å². The van der Waals surface area contributed by atoms with Crippen LogP contribution < -0.4 is 15.4 Å². The van der Waals surface area contributed by atoms with E-state index in [0.29, 0.717) is 12.2 Å². The highest BCUT2D eigenvalue weighted by Crippen LogP contribution is 2.27. The Bertz CT molecular complexity index is 598. The van der Waals surface area contributed by atoms with Gasteiger partial charge in [-0.2, -0.15) is 5.10 Å². The van der Waals surface area contributed by atoms with E-state index in [2.05, 4.69) is 20.8 Å². The monoisotopic (exact) mass is 303 g/mol. The van der Waals surface area contributed by atoms with Gasteiger partial charge in [-0.05, 0) is 20.2 Å². The number of aromatic amines is 1. The normalized spacial score (nSPS) is 12.0. The van der Waals surface area contributed by atoms with E-state index in [1.807, 2.05) is 43.3 Å². The topological polar surface area (TPSA) is 82.3 Å². The van der Waals surface area contributed by atoms with Crippen molar-refractivity contribution in [3.05, 3.63) is 42.2 Å². The van der Waals surface area contributed by atoms with Crippen LogP contribution in [0.15, 0.2) is 36.7 Å². The molecular formula is C15H21N5O2. The third-order valence-electron chi connectivity index (χ3n) is 3.33. The number of aromatic nitrogens is 2. The zero-order chi connectivity index (χ0) is 15.9. The summed E-state index contributed by atoms with van der Waals surface area (Å²) >= 11 is 0. The first-order valence-electron chi connectivity index (χ1n) is 6.94. The lowest BCUT2D eigenvalue weighted by atomic mass is 10.0. The lowest BCUT2D eigenvalue weighted by Crippen LogP contribution is -2.37. The quantitative estimate of drug-likeness (QED) is 0.760. The molecule has 0 aliphatic rings. The maximum absolute atomic E-state index is 11.9. The second-order valence-corrected chi connectivity index (χ2v) is 5.04. The van der Waals surface area contributed by atoms with Gasteiger partial charge in [0.15, 0.2) is 0 Å². The Morgan fingerprint density at radius 2 is 2.18 bits per heavy atom. The standard InChI is InChI=1S/C15H21N5O2/c1-20(2)13(12-6-4-5-7-14(12)22-3)10-16-15(21)19-11-8-17-18-9-11/h4-9,13H,10H2,1-3H3,(H,17,18)(H2,16,19,21)/t13-/m0/s1. The average Bonchev–Trinajstić information content (AvgIpc) is 3.00. The molecule has 7 nitrogen and oxygen atoms in total. The van der Waals surface area contributed by atoms with E-state index in [9.17, 15) is 4.79 Å². The summed E-state index contributed by atoms with van der Waals surface area (Å²) in [5, 5.41) is 12.0. The van der Waals surface area contributed by atoms with E-state index < -0.39 is 0 Å². The number of likely N-dealkylation sites (N-methyl/N-ethyl adjacent to an activating group) is 1. The number of methoxy groups -OCH3 is 1. The van der Waals surface area contributed by atoms with E-state index >= 15 is 0 Å². The van der Waals surface area contributed by atoms with Gasteiger partial charge in [0, 0.05) is 18.3 Å². The summed E-state index contributed by atoms with van der Waals surface area (Å²) in [6.07, 6.45) is 3.16. The number of hydrogen-bond acceptors (Lipinski definition) is 4. The number of urea groups is 1. The van der Waals surface area contributed by atoms with Crippen molar-refractivity contribution in [1.29, 1.82) is 0 Å². The summed E-state index contributed by atoms with van der Waals surface area (Å²) < 4.78 is 5.40. The van der Waals surface area contributed by atoms with Crippen LogP contribution in [0.25, 0.3) is 0 Å². The van der Waals surface area contributed by atoms with Crippen molar-refractivity contribution in [2.75, 3.05) is 33.1 Å². The molecule has 3 N–H and O–H groups in total. The number of ether oxygens (including phenoxy) is 1. The van der Waals surface area contributed by atoms with Gasteiger partial charge in [-0.3, -0.25) is 5.10 Å². The smallest absolute Gasteiger partial charge is 0.319 e. The Labute approximate surface area is 129 Å². The number of nitrogens with one attached hydrogen (secondary N) is 3. The molecule has 2 amide bonds. The fraction of sp³-hybridized carbons (Fsp3) is 0.333. The zero-order valence-electron chi connectivity index (χ0n) is 13.0. The SMILES string of the molecule is COc1ccccc1[C@H](CNC(=O)Nc1cn[nH]c1)N(C)C.